The fraction of sp³-hybridized carbons (Fsp3) is 0.429. The summed E-state index contributed by atoms with van der Waals surface area (Å²) in [5, 5.41) is 6.29. The van der Waals surface area contributed by atoms with Crippen molar-refractivity contribution in [2.24, 2.45) is 0 Å². The van der Waals surface area contributed by atoms with E-state index >= 15 is 0 Å². The number of aromatic nitrogens is 1. The molecule has 30 heavy (non-hydrogen) atoms. The largest absolute Gasteiger partial charge is 0.490 e. The number of benzene rings is 1. The van der Waals surface area contributed by atoms with Gasteiger partial charge >= 0.3 is 0 Å². The summed E-state index contributed by atoms with van der Waals surface area (Å²) in [6, 6.07) is 3.40. The summed E-state index contributed by atoms with van der Waals surface area (Å²) in [6.45, 7) is 3.67. The fourth-order valence-electron chi connectivity index (χ4n) is 3.95. The van der Waals surface area contributed by atoms with Crippen LogP contribution >= 0.6 is 0 Å². The summed E-state index contributed by atoms with van der Waals surface area (Å²) in [4.78, 5) is 18.5. The Bertz CT molecular complexity index is 977. The molecule has 2 heterocycles. The molecule has 2 aliphatic rings. The van der Waals surface area contributed by atoms with Gasteiger partial charge in [-0.1, -0.05) is 0 Å². The van der Waals surface area contributed by atoms with Crippen molar-refractivity contribution in [3.05, 3.63) is 41.3 Å². The summed E-state index contributed by atoms with van der Waals surface area (Å²) in [6.07, 6.45) is 1.85. The van der Waals surface area contributed by atoms with E-state index in [9.17, 15) is 18.0 Å². The van der Waals surface area contributed by atoms with Crippen LogP contribution in [0.3, 0.4) is 0 Å². The number of rotatable bonds is 4. The Balaban J connectivity index is 1.44. The first-order valence-corrected chi connectivity index (χ1v) is 9.86. The van der Waals surface area contributed by atoms with Crippen molar-refractivity contribution >= 4 is 23.1 Å². The highest BCUT2D eigenvalue weighted by Gasteiger charge is 2.30. The zero-order valence-corrected chi connectivity index (χ0v) is 16.9. The number of likely N-dealkylation sites (N-methyl/N-ethyl adjacent to an activating group) is 1. The number of nitrogens with one attached hydrogen (secondary N) is 2. The third-order valence-electron chi connectivity index (χ3n) is 5.76. The van der Waals surface area contributed by atoms with Gasteiger partial charge in [-0.3, -0.25) is 4.79 Å². The minimum atomic E-state index is -1.50. The van der Waals surface area contributed by atoms with E-state index in [0.29, 0.717) is 30.0 Å². The van der Waals surface area contributed by atoms with Gasteiger partial charge in [0.15, 0.2) is 17.5 Å². The van der Waals surface area contributed by atoms with Gasteiger partial charge in [0.25, 0.3) is 0 Å². The zero-order chi connectivity index (χ0) is 21.6. The van der Waals surface area contributed by atoms with Crippen molar-refractivity contribution in [3.8, 4) is 5.75 Å². The smallest absolute Gasteiger partial charge is 0.246 e. The van der Waals surface area contributed by atoms with Crippen LogP contribution in [0.1, 0.15) is 31.9 Å². The summed E-state index contributed by atoms with van der Waals surface area (Å²) in [7, 11) is 1.87. The van der Waals surface area contributed by atoms with E-state index in [-0.39, 0.29) is 29.8 Å². The molecule has 1 fully saturated rings. The lowest BCUT2D eigenvalue weighted by atomic mass is 10.1. The minimum Gasteiger partial charge on any atom is -0.490 e. The molecule has 9 heteroatoms. The Kier molecular flexibility index (Phi) is 5.21. The standard InChI is InChI=1S/C21H23F3N4O2/c1-10-20-17(28(3)11(2)21(29)27-20)9-18(25-10)26-12-4-5-13(6-12)30-14-7-15(22)19(24)16(23)8-14/h7-9,11-13H,4-6H2,1-3H3,(H,25,26)(H,27,29)/t11-,12?,13?/m0/s1. The first-order valence-electron chi connectivity index (χ1n) is 9.86. The molecule has 1 aromatic carbocycles. The first kappa shape index (κ1) is 20.3. The maximum absolute atomic E-state index is 13.4. The number of anilines is 3. The highest BCUT2D eigenvalue weighted by Crippen LogP contribution is 2.36. The molecule has 1 saturated carbocycles. The van der Waals surface area contributed by atoms with Crippen LogP contribution in [0.25, 0.3) is 0 Å². The van der Waals surface area contributed by atoms with Gasteiger partial charge in [-0.2, -0.15) is 0 Å². The van der Waals surface area contributed by atoms with Crippen LogP contribution < -0.4 is 20.3 Å². The normalized spacial score (nSPS) is 23.2. The van der Waals surface area contributed by atoms with Gasteiger partial charge in [0, 0.05) is 37.7 Å². The summed E-state index contributed by atoms with van der Waals surface area (Å²) in [5.74, 6) is -3.44. The quantitative estimate of drug-likeness (QED) is 0.732. The molecule has 3 atom stereocenters. The Morgan fingerprint density at radius 2 is 1.90 bits per heavy atom. The van der Waals surface area contributed by atoms with E-state index in [0.717, 1.165) is 24.2 Å². The van der Waals surface area contributed by atoms with Crippen LogP contribution in [0.5, 0.6) is 5.75 Å². The van der Waals surface area contributed by atoms with E-state index in [1.807, 2.05) is 31.9 Å². The molecule has 1 aliphatic carbocycles. The first-order chi connectivity index (χ1) is 14.2. The molecule has 0 radical (unpaired) electrons. The highest BCUT2D eigenvalue weighted by atomic mass is 19.2. The molecule has 0 saturated heterocycles. The van der Waals surface area contributed by atoms with Crippen LogP contribution in [0, 0.1) is 24.4 Å². The lowest BCUT2D eigenvalue weighted by Crippen LogP contribution is -2.44. The Morgan fingerprint density at radius 1 is 1.20 bits per heavy atom. The second-order valence-corrected chi connectivity index (χ2v) is 7.86. The van der Waals surface area contributed by atoms with Gasteiger partial charge < -0.3 is 20.3 Å². The number of carbonyl (C=O) groups excluding carboxylic acids is 1. The molecule has 2 aromatic rings. The van der Waals surface area contributed by atoms with Crippen molar-refractivity contribution < 1.29 is 22.7 Å². The van der Waals surface area contributed by atoms with Gasteiger partial charge in [-0.25, -0.2) is 18.2 Å². The number of hydrogen-bond acceptors (Lipinski definition) is 5. The Hall–Kier alpha value is -2.97. The fourth-order valence-corrected chi connectivity index (χ4v) is 3.95. The van der Waals surface area contributed by atoms with E-state index in [2.05, 4.69) is 15.6 Å². The molecule has 160 valence electrons. The van der Waals surface area contributed by atoms with Gasteiger partial charge in [0.1, 0.15) is 23.7 Å². The van der Waals surface area contributed by atoms with Crippen molar-refractivity contribution in [1.29, 1.82) is 0 Å². The number of fused-ring (bicyclic) bond motifs is 1. The predicted octanol–water partition coefficient (Wildman–Crippen LogP) is 4.00. The molecule has 2 unspecified atom stereocenters. The van der Waals surface area contributed by atoms with E-state index in [1.54, 1.807) is 0 Å². The van der Waals surface area contributed by atoms with Crippen LogP contribution in [-0.4, -0.2) is 36.1 Å². The summed E-state index contributed by atoms with van der Waals surface area (Å²) < 4.78 is 45.5. The van der Waals surface area contributed by atoms with Crippen molar-refractivity contribution in [2.45, 2.75) is 51.3 Å². The number of nitrogens with zero attached hydrogens (tertiary/aromatic N) is 2. The number of hydrogen-bond donors (Lipinski definition) is 2. The van der Waals surface area contributed by atoms with Crippen LogP contribution in [0.15, 0.2) is 18.2 Å². The molecule has 0 bridgehead atoms. The maximum Gasteiger partial charge on any atom is 0.246 e. The number of amides is 1. The van der Waals surface area contributed by atoms with E-state index < -0.39 is 17.5 Å². The van der Waals surface area contributed by atoms with Crippen LogP contribution in [-0.2, 0) is 4.79 Å². The van der Waals surface area contributed by atoms with Gasteiger partial charge in [-0.05, 0) is 26.7 Å². The predicted molar refractivity (Wildman–Crippen MR) is 107 cm³/mol. The van der Waals surface area contributed by atoms with Gasteiger partial charge in [-0.15, -0.1) is 0 Å². The molecule has 2 N–H and O–H groups in total. The average molecular weight is 420 g/mol. The lowest BCUT2D eigenvalue weighted by molar-refractivity contribution is -0.117. The number of pyridine rings is 1. The Labute approximate surface area is 172 Å². The second kappa shape index (κ2) is 7.70. The van der Waals surface area contributed by atoms with Gasteiger partial charge in [0.05, 0.1) is 17.1 Å². The molecule has 1 aliphatic heterocycles. The SMILES string of the molecule is Cc1nc(NC2CCC(Oc3cc(F)c(F)c(F)c3)C2)cc2c1NC(=O)[C@H](C)N2C. The zero-order valence-electron chi connectivity index (χ0n) is 16.9. The number of aryl methyl sites for hydroxylation is 1. The molecular formula is C21H23F3N4O2. The molecule has 1 aromatic heterocycles. The molecule has 1 amide bonds. The van der Waals surface area contributed by atoms with E-state index in [4.69, 9.17) is 4.74 Å². The minimum absolute atomic E-state index is 0.0221. The van der Waals surface area contributed by atoms with Gasteiger partial charge in [0.2, 0.25) is 5.91 Å². The molecule has 4 rings (SSSR count). The molecular weight excluding hydrogens is 397 g/mol. The van der Waals surface area contributed by atoms with Crippen molar-refractivity contribution in [2.75, 3.05) is 22.6 Å². The highest BCUT2D eigenvalue weighted by molar-refractivity contribution is 6.04. The van der Waals surface area contributed by atoms with Crippen molar-refractivity contribution in [3.63, 3.8) is 0 Å². The Morgan fingerprint density at radius 3 is 2.60 bits per heavy atom. The van der Waals surface area contributed by atoms with E-state index in [1.165, 1.54) is 0 Å². The maximum atomic E-state index is 13.4. The summed E-state index contributed by atoms with van der Waals surface area (Å²) in [5.41, 5.74) is 2.31. The lowest BCUT2D eigenvalue weighted by Gasteiger charge is -2.34. The molecule has 6 nitrogen and oxygen atoms in total. The van der Waals surface area contributed by atoms with Crippen molar-refractivity contribution in [1.82, 2.24) is 4.98 Å². The third kappa shape index (κ3) is 3.76. The topological polar surface area (TPSA) is 66.5 Å². The molecule has 0 spiro atoms. The number of ether oxygens (including phenoxy) is 1. The number of halogens is 3. The number of carbonyl (C=O) groups is 1. The van der Waals surface area contributed by atoms with Crippen LogP contribution in [0.4, 0.5) is 30.4 Å². The third-order valence-corrected chi connectivity index (χ3v) is 5.76. The average Bonchev–Trinajstić information content (AvgIpc) is 3.12. The monoisotopic (exact) mass is 420 g/mol. The second-order valence-electron chi connectivity index (χ2n) is 7.86. The summed E-state index contributed by atoms with van der Waals surface area (Å²) >= 11 is 0. The van der Waals surface area contributed by atoms with Crippen LogP contribution in [0.2, 0.25) is 0 Å².